The number of likely N-dealkylation sites (tertiary alicyclic amines) is 1. The molecule has 6 heteroatoms. The summed E-state index contributed by atoms with van der Waals surface area (Å²) in [4.78, 5) is 25.1. The summed E-state index contributed by atoms with van der Waals surface area (Å²) in [6, 6.07) is 0. The van der Waals surface area contributed by atoms with Gasteiger partial charge in [-0.1, -0.05) is 0 Å². The van der Waals surface area contributed by atoms with E-state index in [1.807, 2.05) is 0 Å². The standard InChI is InChI=1S/C11H17NO5/c13-4-11(5-14,6-15)12-9(16)7-1-2-8(3-7)10(12)17/h7-8,13-15H,1-6H2. The molecule has 1 saturated carbocycles. The Balaban J connectivity index is 2.35. The van der Waals surface area contributed by atoms with Gasteiger partial charge in [-0.15, -0.1) is 0 Å². The molecule has 0 radical (unpaired) electrons. The Hall–Kier alpha value is -0.980. The van der Waals surface area contributed by atoms with E-state index in [9.17, 15) is 24.9 Å². The van der Waals surface area contributed by atoms with Crippen LogP contribution in [0.3, 0.4) is 0 Å². The lowest BCUT2D eigenvalue weighted by molar-refractivity contribution is -0.168. The molecule has 0 aromatic rings. The lowest BCUT2D eigenvalue weighted by Gasteiger charge is -2.42. The van der Waals surface area contributed by atoms with Gasteiger partial charge in [0, 0.05) is 11.8 Å². The number of nitrogens with zero attached hydrogens (tertiary/aromatic N) is 1. The van der Waals surface area contributed by atoms with Crippen LogP contribution in [0.5, 0.6) is 0 Å². The second-order valence-corrected chi connectivity index (χ2v) is 4.92. The minimum Gasteiger partial charge on any atom is -0.394 e. The molecule has 2 bridgehead atoms. The van der Waals surface area contributed by atoms with Crippen molar-refractivity contribution in [3.05, 3.63) is 0 Å². The fourth-order valence-electron chi connectivity index (χ4n) is 2.73. The Kier molecular flexibility index (Phi) is 3.20. The van der Waals surface area contributed by atoms with Crippen molar-refractivity contribution < 1.29 is 24.9 Å². The maximum Gasteiger partial charge on any atom is 0.233 e. The SMILES string of the molecule is O=C1C2CCC(C2)C(=O)N1C(CO)(CO)CO. The van der Waals surface area contributed by atoms with Crippen LogP contribution in [-0.2, 0) is 9.59 Å². The zero-order valence-electron chi connectivity index (χ0n) is 9.50. The second-order valence-electron chi connectivity index (χ2n) is 4.92. The molecule has 1 saturated heterocycles. The van der Waals surface area contributed by atoms with Crippen molar-refractivity contribution in [1.82, 2.24) is 4.90 Å². The Labute approximate surface area is 98.8 Å². The van der Waals surface area contributed by atoms with E-state index in [1.165, 1.54) is 0 Å². The summed E-state index contributed by atoms with van der Waals surface area (Å²) in [5.41, 5.74) is -1.56. The highest BCUT2D eigenvalue weighted by molar-refractivity contribution is 6.01. The Morgan fingerprint density at radius 1 is 1.00 bits per heavy atom. The van der Waals surface area contributed by atoms with Crippen LogP contribution in [0.1, 0.15) is 19.3 Å². The van der Waals surface area contributed by atoms with E-state index in [0.717, 1.165) is 4.90 Å². The first-order chi connectivity index (χ1) is 8.09. The van der Waals surface area contributed by atoms with Gasteiger partial charge in [-0.05, 0) is 19.3 Å². The molecule has 2 unspecified atom stereocenters. The number of imide groups is 1. The van der Waals surface area contributed by atoms with Crippen LogP contribution in [-0.4, -0.2) is 57.4 Å². The van der Waals surface area contributed by atoms with Gasteiger partial charge in [-0.2, -0.15) is 0 Å². The smallest absolute Gasteiger partial charge is 0.233 e. The van der Waals surface area contributed by atoms with Gasteiger partial charge in [-0.25, -0.2) is 0 Å². The van der Waals surface area contributed by atoms with Gasteiger partial charge in [0.25, 0.3) is 0 Å². The number of piperidine rings is 1. The number of aliphatic hydroxyl groups is 3. The van der Waals surface area contributed by atoms with E-state index in [-0.39, 0.29) is 23.7 Å². The summed E-state index contributed by atoms with van der Waals surface area (Å²) in [5.74, 6) is -1.16. The molecule has 0 spiro atoms. The van der Waals surface area contributed by atoms with Crippen molar-refractivity contribution in [2.24, 2.45) is 11.8 Å². The van der Waals surface area contributed by atoms with Gasteiger partial charge in [0.1, 0.15) is 5.54 Å². The largest absolute Gasteiger partial charge is 0.394 e. The highest BCUT2D eigenvalue weighted by Crippen LogP contribution is 2.40. The number of carbonyl (C=O) groups excluding carboxylic acids is 2. The van der Waals surface area contributed by atoms with Crippen LogP contribution in [0.15, 0.2) is 0 Å². The molecular weight excluding hydrogens is 226 g/mol. The zero-order valence-corrected chi connectivity index (χ0v) is 9.50. The first kappa shape index (κ1) is 12.5. The second kappa shape index (κ2) is 4.36. The lowest BCUT2D eigenvalue weighted by atomic mass is 9.90. The van der Waals surface area contributed by atoms with Gasteiger partial charge < -0.3 is 15.3 Å². The molecule has 1 aliphatic heterocycles. The van der Waals surface area contributed by atoms with Crippen molar-refractivity contribution in [3.8, 4) is 0 Å². The Bertz CT molecular complexity index is 308. The molecule has 2 atom stereocenters. The quantitative estimate of drug-likeness (QED) is 0.521. The summed E-state index contributed by atoms with van der Waals surface area (Å²) in [7, 11) is 0. The van der Waals surface area contributed by atoms with Crippen molar-refractivity contribution >= 4 is 11.8 Å². The van der Waals surface area contributed by atoms with E-state index in [2.05, 4.69) is 0 Å². The molecule has 2 aliphatic rings. The molecule has 6 nitrogen and oxygen atoms in total. The van der Waals surface area contributed by atoms with Crippen molar-refractivity contribution in [2.75, 3.05) is 19.8 Å². The number of carbonyl (C=O) groups is 2. The van der Waals surface area contributed by atoms with Crippen molar-refractivity contribution in [2.45, 2.75) is 24.8 Å². The number of hydrogen-bond donors (Lipinski definition) is 3. The summed E-state index contributed by atoms with van der Waals surface area (Å²) < 4.78 is 0. The average molecular weight is 243 g/mol. The summed E-state index contributed by atoms with van der Waals surface area (Å²) in [6.07, 6.45) is 1.90. The summed E-state index contributed by atoms with van der Waals surface area (Å²) >= 11 is 0. The normalized spacial score (nSPS) is 29.0. The summed E-state index contributed by atoms with van der Waals surface area (Å²) in [5, 5.41) is 27.9. The van der Waals surface area contributed by atoms with E-state index < -0.39 is 25.4 Å². The molecule has 0 aromatic carbocycles. The number of aliphatic hydroxyl groups excluding tert-OH is 3. The van der Waals surface area contributed by atoms with Gasteiger partial charge in [0.05, 0.1) is 19.8 Å². The predicted molar refractivity (Wildman–Crippen MR) is 56.7 cm³/mol. The monoisotopic (exact) mass is 243 g/mol. The first-order valence-electron chi connectivity index (χ1n) is 5.80. The minimum absolute atomic E-state index is 0.207. The third-order valence-electron chi connectivity index (χ3n) is 3.93. The fraction of sp³-hybridized carbons (Fsp3) is 0.818. The van der Waals surface area contributed by atoms with E-state index in [1.54, 1.807) is 0 Å². The molecular formula is C11H17NO5. The third-order valence-corrected chi connectivity index (χ3v) is 3.93. The van der Waals surface area contributed by atoms with Crippen LogP contribution in [0.2, 0.25) is 0 Å². The molecule has 2 fully saturated rings. The Morgan fingerprint density at radius 2 is 1.41 bits per heavy atom. The van der Waals surface area contributed by atoms with Crippen LogP contribution in [0.25, 0.3) is 0 Å². The molecule has 96 valence electrons. The summed E-state index contributed by atoms with van der Waals surface area (Å²) in [6.45, 7) is -1.88. The third kappa shape index (κ3) is 1.67. The van der Waals surface area contributed by atoms with Gasteiger partial charge in [0.15, 0.2) is 0 Å². The topological polar surface area (TPSA) is 98.1 Å². The minimum atomic E-state index is -1.56. The number of rotatable bonds is 4. The van der Waals surface area contributed by atoms with E-state index in [4.69, 9.17) is 0 Å². The number of amides is 2. The van der Waals surface area contributed by atoms with Gasteiger partial charge in [-0.3, -0.25) is 14.5 Å². The molecule has 17 heavy (non-hydrogen) atoms. The van der Waals surface area contributed by atoms with Crippen molar-refractivity contribution in [1.29, 1.82) is 0 Å². The molecule has 1 aliphatic carbocycles. The number of hydrogen-bond acceptors (Lipinski definition) is 5. The van der Waals surface area contributed by atoms with Crippen LogP contribution >= 0.6 is 0 Å². The molecule has 2 amide bonds. The molecule has 3 N–H and O–H groups in total. The van der Waals surface area contributed by atoms with Crippen molar-refractivity contribution in [3.63, 3.8) is 0 Å². The highest BCUT2D eigenvalue weighted by Gasteiger charge is 2.52. The van der Waals surface area contributed by atoms with Crippen LogP contribution < -0.4 is 0 Å². The average Bonchev–Trinajstić information content (AvgIpc) is 2.80. The maximum atomic E-state index is 12.1. The highest BCUT2D eigenvalue weighted by atomic mass is 16.3. The lowest BCUT2D eigenvalue weighted by Crippen LogP contribution is -2.64. The van der Waals surface area contributed by atoms with E-state index >= 15 is 0 Å². The van der Waals surface area contributed by atoms with E-state index in [0.29, 0.717) is 19.3 Å². The van der Waals surface area contributed by atoms with Gasteiger partial charge >= 0.3 is 0 Å². The molecule has 2 rings (SSSR count). The number of fused-ring (bicyclic) bond motifs is 2. The van der Waals surface area contributed by atoms with Gasteiger partial charge in [0.2, 0.25) is 11.8 Å². The van der Waals surface area contributed by atoms with Crippen LogP contribution in [0, 0.1) is 11.8 Å². The zero-order chi connectivity index (χ0) is 12.6. The predicted octanol–water partition coefficient (Wildman–Crippen LogP) is -1.51. The Morgan fingerprint density at radius 3 is 1.76 bits per heavy atom. The van der Waals surface area contributed by atoms with Crippen LogP contribution in [0.4, 0.5) is 0 Å². The maximum absolute atomic E-state index is 12.1. The fourth-order valence-corrected chi connectivity index (χ4v) is 2.73. The molecule has 0 aromatic heterocycles. The molecule has 1 heterocycles. The first-order valence-corrected chi connectivity index (χ1v) is 5.80.